The first-order valence-corrected chi connectivity index (χ1v) is 11.1. The molecule has 2 amide bonds. The fourth-order valence-electron chi connectivity index (χ4n) is 4.74. The highest BCUT2D eigenvalue weighted by Crippen LogP contribution is 2.44. The summed E-state index contributed by atoms with van der Waals surface area (Å²) < 4.78 is 5.55. The van der Waals surface area contributed by atoms with Gasteiger partial charge in [0, 0.05) is 19.0 Å². The number of carbonyl (C=O) groups excluding carboxylic acids is 2. The third-order valence-corrected chi connectivity index (χ3v) is 6.77. The van der Waals surface area contributed by atoms with Crippen molar-refractivity contribution in [2.24, 2.45) is 5.41 Å². The monoisotopic (exact) mass is 448 g/mol. The Hall–Kier alpha value is -3.61. The molecule has 2 aliphatic rings. The molecule has 1 aliphatic carbocycles. The van der Waals surface area contributed by atoms with Gasteiger partial charge in [-0.25, -0.2) is 4.79 Å². The van der Waals surface area contributed by atoms with E-state index in [1.54, 1.807) is 13.0 Å². The molecule has 172 valence electrons. The zero-order valence-corrected chi connectivity index (χ0v) is 18.6. The smallest absolute Gasteiger partial charge is 0.407 e. The molecule has 1 fully saturated rings. The van der Waals surface area contributed by atoms with Gasteiger partial charge in [-0.05, 0) is 35.1 Å². The van der Waals surface area contributed by atoms with Crippen LogP contribution in [0.25, 0.3) is 11.1 Å². The van der Waals surface area contributed by atoms with E-state index in [2.05, 4.69) is 24.0 Å². The standard InChI is InChI=1S/C26H28N2O5/c1-3-9-22(23(29)28-15-26(4-2,16-28)24(30)31)27-25(32)33-14-21-19-12-7-5-10-17(19)18-11-6-8-13-20(18)21/h3,5-8,10-13,21-22H,1,4,9,14-16H2,2H3,(H,27,32)(H,30,31). The number of nitrogens with zero attached hydrogens (tertiary/aromatic N) is 1. The van der Waals surface area contributed by atoms with E-state index in [0.29, 0.717) is 6.42 Å². The molecule has 0 radical (unpaired) electrons. The second-order valence-corrected chi connectivity index (χ2v) is 8.68. The summed E-state index contributed by atoms with van der Waals surface area (Å²) in [4.78, 5) is 38.5. The molecule has 1 aliphatic heterocycles. The van der Waals surface area contributed by atoms with E-state index in [0.717, 1.165) is 22.3 Å². The predicted octanol–water partition coefficient (Wildman–Crippen LogP) is 3.79. The third-order valence-electron chi connectivity index (χ3n) is 6.77. The van der Waals surface area contributed by atoms with Crippen LogP contribution < -0.4 is 5.32 Å². The number of likely N-dealkylation sites (tertiary alicyclic amines) is 1. The Labute approximate surface area is 193 Å². The highest BCUT2D eigenvalue weighted by molar-refractivity contribution is 5.89. The largest absolute Gasteiger partial charge is 0.481 e. The van der Waals surface area contributed by atoms with Crippen LogP contribution in [0.2, 0.25) is 0 Å². The molecule has 0 bridgehead atoms. The fourth-order valence-corrected chi connectivity index (χ4v) is 4.74. The van der Waals surface area contributed by atoms with Crippen LogP contribution in [0.15, 0.2) is 61.2 Å². The van der Waals surface area contributed by atoms with E-state index >= 15 is 0 Å². The van der Waals surface area contributed by atoms with E-state index in [4.69, 9.17) is 4.74 Å². The van der Waals surface area contributed by atoms with Crippen LogP contribution in [0.3, 0.4) is 0 Å². The number of hydrogen-bond donors (Lipinski definition) is 2. The first-order valence-electron chi connectivity index (χ1n) is 11.1. The van der Waals surface area contributed by atoms with Crippen molar-refractivity contribution >= 4 is 18.0 Å². The molecule has 2 aromatic carbocycles. The number of rotatable bonds is 8. The number of hydrogen-bond acceptors (Lipinski definition) is 4. The van der Waals surface area contributed by atoms with Crippen LogP contribution >= 0.6 is 0 Å². The van der Waals surface area contributed by atoms with Gasteiger partial charge in [0.15, 0.2) is 0 Å². The molecule has 4 rings (SSSR count). The Morgan fingerprint density at radius 1 is 1.15 bits per heavy atom. The van der Waals surface area contributed by atoms with Gasteiger partial charge in [0.05, 0.1) is 0 Å². The van der Waals surface area contributed by atoms with Crippen molar-refractivity contribution in [2.75, 3.05) is 19.7 Å². The lowest BCUT2D eigenvalue weighted by atomic mass is 9.77. The minimum atomic E-state index is -0.905. The van der Waals surface area contributed by atoms with Gasteiger partial charge in [0.2, 0.25) is 5.91 Å². The molecule has 0 saturated carbocycles. The summed E-state index contributed by atoms with van der Waals surface area (Å²) in [6.45, 7) is 5.89. The molecule has 1 heterocycles. The summed E-state index contributed by atoms with van der Waals surface area (Å²) in [6.07, 6.45) is 1.54. The molecular weight excluding hydrogens is 420 g/mol. The van der Waals surface area contributed by atoms with Crippen LogP contribution in [-0.4, -0.2) is 53.7 Å². The van der Waals surface area contributed by atoms with E-state index in [9.17, 15) is 19.5 Å². The Morgan fingerprint density at radius 2 is 1.73 bits per heavy atom. The number of carboxylic acids is 1. The predicted molar refractivity (Wildman–Crippen MR) is 124 cm³/mol. The van der Waals surface area contributed by atoms with Crippen LogP contribution in [-0.2, 0) is 14.3 Å². The normalized spacial score (nSPS) is 16.7. The maximum absolute atomic E-state index is 12.9. The van der Waals surface area contributed by atoms with Crippen LogP contribution in [0.1, 0.15) is 36.8 Å². The Balaban J connectivity index is 1.39. The van der Waals surface area contributed by atoms with Gasteiger partial charge in [0.1, 0.15) is 18.1 Å². The van der Waals surface area contributed by atoms with Crippen molar-refractivity contribution in [1.29, 1.82) is 0 Å². The molecular formula is C26H28N2O5. The fraction of sp³-hybridized carbons (Fsp3) is 0.346. The summed E-state index contributed by atoms with van der Waals surface area (Å²) >= 11 is 0. The molecule has 7 nitrogen and oxygen atoms in total. The number of amides is 2. The third kappa shape index (κ3) is 4.11. The average Bonchev–Trinajstić information content (AvgIpc) is 3.10. The Kier molecular flexibility index (Phi) is 6.22. The molecule has 2 N–H and O–H groups in total. The molecule has 0 spiro atoms. The summed E-state index contributed by atoms with van der Waals surface area (Å²) in [5.74, 6) is -1.31. The number of ether oxygens (including phenoxy) is 1. The van der Waals surface area contributed by atoms with Gasteiger partial charge in [0.25, 0.3) is 0 Å². The van der Waals surface area contributed by atoms with Gasteiger partial charge >= 0.3 is 12.1 Å². The van der Waals surface area contributed by atoms with Gasteiger partial charge in [-0.1, -0.05) is 61.5 Å². The van der Waals surface area contributed by atoms with E-state index < -0.39 is 23.5 Å². The average molecular weight is 449 g/mol. The van der Waals surface area contributed by atoms with Gasteiger partial charge in [-0.3, -0.25) is 9.59 Å². The van der Waals surface area contributed by atoms with E-state index in [1.165, 1.54) is 4.90 Å². The molecule has 0 aromatic heterocycles. The minimum Gasteiger partial charge on any atom is -0.481 e. The van der Waals surface area contributed by atoms with Crippen molar-refractivity contribution in [1.82, 2.24) is 10.2 Å². The zero-order valence-electron chi connectivity index (χ0n) is 18.6. The molecule has 1 atom stereocenters. The molecule has 7 heteroatoms. The number of aliphatic carboxylic acids is 1. The van der Waals surface area contributed by atoms with Crippen LogP contribution in [0, 0.1) is 5.41 Å². The van der Waals surface area contributed by atoms with Crippen LogP contribution in [0.5, 0.6) is 0 Å². The number of carbonyl (C=O) groups is 3. The van der Waals surface area contributed by atoms with E-state index in [1.807, 2.05) is 36.4 Å². The second kappa shape index (κ2) is 9.10. The lowest BCUT2D eigenvalue weighted by Gasteiger charge is -2.47. The topological polar surface area (TPSA) is 95.9 Å². The number of fused-ring (bicyclic) bond motifs is 3. The van der Waals surface area contributed by atoms with Gasteiger partial charge in [-0.2, -0.15) is 0 Å². The number of carboxylic acid groups (broad SMARTS) is 1. The zero-order chi connectivity index (χ0) is 23.6. The SMILES string of the molecule is C=CCC(NC(=O)OCC1c2ccccc2-c2ccccc21)C(=O)N1CC(CC)(C(=O)O)C1. The van der Waals surface area contributed by atoms with Crippen molar-refractivity contribution in [2.45, 2.75) is 31.7 Å². The molecule has 1 unspecified atom stereocenters. The first kappa shape index (κ1) is 22.6. The highest BCUT2D eigenvalue weighted by Gasteiger charge is 2.50. The van der Waals surface area contributed by atoms with Crippen molar-refractivity contribution in [3.8, 4) is 11.1 Å². The quantitative estimate of drug-likeness (QED) is 0.599. The first-order chi connectivity index (χ1) is 15.9. The molecule has 33 heavy (non-hydrogen) atoms. The molecule has 2 aromatic rings. The second-order valence-electron chi connectivity index (χ2n) is 8.68. The summed E-state index contributed by atoms with van der Waals surface area (Å²) in [7, 11) is 0. The van der Waals surface area contributed by atoms with Crippen molar-refractivity contribution in [3.63, 3.8) is 0 Å². The van der Waals surface area contributed by atoms with Gasteiger partial charge < -0.3 is 20.1 Å². The lowest BCUT2D eigenvalue weighted by molar-refractivity contribution is -0.167. The van der Waals surface area contributed by atoms with Gasteiger partial charge in [-0.15, -0.1) is 6.58 Å². The minimum absolute atomic E-state index is 0.0761. The van der Waals surface area contributed by atoms with Crippen molar-refractivity contribution < 1.29 is 24.2 Å². The maximum Gasteiger partial charge on any atom is 0.407 e. The number of alkyl carbamates (subject to hydrolysis) is 1. The number of benzene rings is 2. The summed E-state index contributed by atoms with van der Waals surface area (Å²) in [5, 5.41) is 12.1. The van der Waals surface area contributed by atoms with Crippen molar-refractivity contribution in [3.05, 3.63) is 72.3 Å². The summed E-state index contributed by atoms with van der Waals surface area (Å²) in [6, 6.07) is 15.3. The lowest BCUT2D eigenvalue weighted by Crippen LogP contribution is -2.65. The maximum atomic E-state index is 12.9. The van der Waals surface area contributed by atoms with Crippen LogP contribution in [0.4, 0.5) is 4.79 Å². The molecule has 1 saturated heterocycles. The Bertz CT molecular complexity index is 1040. The highest BCUT2D eigenvalue weighted by atomic mass is 16.5. The Morgan fingerprint density at radius 3 is 2.24 bits per heavy atom. The number of nitrogens with one attached hydrogen (secondary N) is 1. The van der Waals surface area contributed by atoms with E-state index in [-0.39, 0.29) is 37.9 Å². The summed E-state index contributed by atoms with van der Waals surface area (Å²) in [5.41, 5.74) is 3.58.